The van der Waals surface area contributed by atoms with E-state index in [0.29, 0.717) is 6.54 Å². The third-order valence-electron chi connectivity index (χ3n) is 3.98. The lowest BCUT2D eigenvalue weighted by Gasteiger charge is -2.27. The monoisotopic (exact) mass is 294 g/mol. The first-order chi connectivity index (χ1) is 9.75. The highest BCUT2D eigenvalue weighted by molar-refractivity contribution is 7.99. The van der Waals surface area contributed by atoms with Crippen molar-refractivity contribution >= 4 is 17.7 Å². The van der Waals surface area contributed by atoms with E-state index >= 15 is 0 Å². The van der Waals surface area contributed by atoms with Crippen LogP contribution >= 0.6 is 11.8 Å². The van der Waals surface area contributed by atoms with Crippen LogP contribution in [0, 0.1) is 5.82 Å². The average Bonchev–Trinajstić information content (AvgIpc) is 2.99. The summed E-state index contributed by atoms with van der Waals surface area (Å²) in [5.41, 5.74) is 0.996. The molecule has 0 aliphatic carbocycles. The van der Waals surface area contributed by atoms with Crippen LogP contribution in [0.1, 0.15) is 30.9 Å². The fourth-order valence-electron chi connectivity index (χ4n) is 2.89. The van der Waals surface area contributed by atoms with E-state index in [-0.39, 0.29) is 17.8 Å². The van der Waals surface area contributed by atoms with Gasteiger partial charge in [0.1, 0.15) is 5.82 Å². The first-order valence-electron chi connectivity index (χ1n) is 7.18. The summed E-state index contributed by atoms with van der Waals surface area (Å²) in [6.45, 7) is 2.11. The molecule has 2 aliphatic heterocycles. The maximum atomic E-state index is 13.8. The molecule has 1 fully saturated rings. The van der Waals surface area contributed by atoms with E-state index in [0.717, 1.165) is 48.6 Å². The molecule has 3 nitrogen and oxygen atoms in total. The third-order valence-corrected chi connectivity index (χ3v) is 5.14. The zero-order valence-electron chi connectivity index (χ0n) is 11.4. The summed E-state index contributed by atoms with van der Waals surface area (Å²) in [4.78, 5) is 14.7. The highest BCUT2D eigenvalue weighted by atomic mass is 32.2. The molecule has 0 saturated carbocycles. The van der Waals surface area contributed by atoms with E-state index in [1.165, 1.54) is 6.07 Å². The number of thioether (sulfide) groups is 1. The molecule has 108 valence electrons. The molecule has 1 atom stereocenters. The van der Waals surface area contributed by atoms with Crippen LogP contribution in [0.15, 0.2) is 23.1 Å². The van der Waals surface area contributed by atoms with Gasteiger partial charge in [-0.25, -0.2) is 4.39 Å². The Bertz CT molecular complexity index is 503. The first-order valence-corrected chi connectivity index (χ1v) is 8.16. The minimum Gasteiger partial charge on any atom is -0.342 e. The number of rotatable bonds is 3. The Balaban J connectivity index is 1.64. The van der Waals surface area contributed by atoms with E-state index < -0.39 is 0 Å². The van der Waals surface area contributed by atoms with Crippen molar-refractivity contribution in [3.05, 3.63) is 29.6 Å². The Kier molecular flexibility index (Phi) is 4.27. The maximum absolute atomic E-state index is 13.8. The van der Waals surface area contributed by atoms with Gasteiger partial charge in [-0.05, 0) is 36.6 Å². The number of likely N-dealkylation sites (tertiary alicyclic amines) is 1. The Hall–Kier alpha value is -1.07. The fraction of sp³-hybridized carbons (Fsp3) is 0.533. The zero-order valence-corrected chi connectivity index (χ0v) is 12.2. The highest BCUT2D eigenvalue weighted by Gasteiger charge is 2.24. The third kappa shape index (κ3) is 2.83. The number of nitrogens with zero attached hydrogens (tertiary/aromatic N) is 1. The lowest BCUT2D eigenvalue weighted by molar-refractivity contribution is -0.129. The second kappa shape index (κ2) is 6.14. The van der Waals surface area contributed by atoms with Crippen LogP contribution in [0.5, 0.6) is 0 Å². The molecule has 2 heterocycles. The molecule has 1 aromatic rings. The van der Waals surface area contributed by atoms with Crippen LogP contribution < -0.4 is 5.32 Å². The topological polar surface area (TPSA) is 32.3 Å². The Labute approximate surface area is 122 Å². The van der Waals surface area contributed by atoms with E-state index in [1.54, 1.807) is 17.8 Å². The summed E-state index contributed by atoms with van der Waals surface area (Å²) in [6, 6.07) is 5.30. The molecular formula is C15H19FN2OS. The van der Waals surface area contributed by atoms with Gasteiger partial charge in [-0.1, -0.05) is 12.1 Å². The number of hydrogen-bond acceptors (Lipinski definition) is 3. The molecule has 0 radical (unpaired) electrons. The van der Waals surface area contributed by atoms with Crippen molar-refractivity contribution in [2.75, 3.05) is 25.4 Å². The Morgan fingerprint density at radius 3 is 3.00 bits per heavy atom. The van der Waals surface area contributed by atoms with Gasteiger partial charge in [0.2, 0.25) is 5.91 Å². The summed E-state index contributed by atoms with van der Waals surface area (Å²) in [5, 5.41) is 3.31. The van der Waals surface area contributed by atoms with Crippen LogP contribution in [-0.4, -0.2) is 36.2 Å². The molecule has 0 bridgehead atoms. The lowest BCUT2D eigenvalue weighted by atomic mass is 10.0. The van der Waals surface area contributed by atoms with Gasteiger partial charge in [-0.2, -0.15) is 0 Å². The quantitative estimate of drug-likeness (QED) is 0.930. The van der Waals surface area contributed by atoms with Crippen molar-refractivity contribution in [1.29, 1.82) is 0 Å². The van der Waals surface area contributed by atoms with Gasteiger partial charge in [0, 0.05) is 24.0 Å². The molecule has 5 heteroatoms. The van der Waals surface area contributed by atoms with Crippen LogP contribution in [0.25, 0.3) is 0 Å². The summed E-state index contributed by atoms with van der Waals surface area (Å²) in [6.07, 6.45) is 3.16. The number of hydrogen-bond donors (Lipinski definition) is 1. The number of carbonyl (C=O) groups is 1. The minimum atomic E-state index is -0.148. The number of halogens is 1. The van der Waals surface area contributed by atoms with Crippen molar-refractivity contribution in [2.24, 2.45) is 0 Å². The molecule has 2 aliphatic rings. The van der Waals surface area contributed by atoms with Gasteiger partial charge >= 0.3 is 0 Å². The molecule has 1 unspecified atom stereocenters. The molecule has 20 heavy (non-hydrogen) atoms. The lowest BCUT2D eigenvalue weighted by Crippen LogP contribution is -2.38. The standard InChI is InChI=1S/C15H19FN2OS/c16-12-5-3-4-11-13(6-9-20-15(11)12)17-10-14(19)18-7-1-2-8-18/h3-5,13,17H,1-2,6-10H2. The largest absolute Gasteiger partial charge is 0.342 e. The summed E-state index contributed by atoms with van der Waals surface area (Å²) >= 11 is 1.57. The molecule has 1 amide bonds. The Morgan fingerprint density at radius 1 is 1.40 bits per heavy atom. The van der Waals surface area contributed by atoms with Crippen molar-refractivity contribution in [1.82, 2.24) is 10.2 Å². The minimum absolute atomic E-state index is 0.0912. The van der Waals surface area contributed by atoms with Gasteiger partial charge in [-0.3, -0.25) is 4.79 Å². The molecular weight excluding hydrogens is 275 g/mol. The van der Waals surface area contributed by atoms with E-state index in [2.05, 4.69) is 5.32 Å². The summed E-state index contributed by atoms with van der Waals surface area (Å²) in [5.74, 6) is 0.910. The fourth-order valence-corrected chi connectivity index (χ4v) is 4.03. The zero-order chi connectivity index (χ0) is 13.9. The number of nitrogens with one attached hydrogen (secondary N) is 1. The van der Waals surface area contributed by atoms with Crippen LogP contribution in [-0.2, 0) is 4.79 Å². The van der Waals surface area contributed by atoms with Crippen molar-refractivity contribution in [3.8, 4) is 0 Å². The summed E-state index contributed by atoms with van der Waals surface area (Å²) in [7, 11) is 0. The van der Waals surface area contributed by atoms with Gasteiger partial charge in [0.05, 0.1) is 6.54 Å². The second-order valence-electron chi connectivity index (χ2n) is 5.32. The number of carbonyl (C=O) groups excluding carboxylic acids is 1. The summed E-state index contributed by atoms with van der Waals surface area (Å²) < 4.78 is 13.8. The van der Waals surface area contributed by atoms with Crippen molar-refractivity contribution in [2.45, 2.75) is 30.2 Å². The molecule has 3 rings (SSSR count). The van der Waals surface area contributed by atoms with Gasteiger partial charge in [0.15, 0.2) is 0 Å². The average molecular weight is 294 g/mol. The molecule has 0 spiro atoms. The van der Waals surface area contributed by atoms with Crippen LogP contribution in [0.3, 0.4) is 0 Å². The predicted octanol–water partition coefficient (Wildman–Crippen LogP) is 2.57. The normalized spacial score (nSPS) is 21.9. The van der Waals surface area contributed by atoms with Gasteiger partial charge in [0.25, 0.3) is 0 Å². The van der Waals surface area contributed by atoms with Crippen LogP contribution in [0.4, 0.5) is 4.39 Å². The SMILES string of the molecule is O=C(CNC1CCSc2c(F)cccc21)N1CCCC1. The highest BCUT2D eigenvalue weighted by Crippen LogP contribution is 2.37. The first kappa shape index (κ1) is 13.9. The molecule has 1 N–H and O–H groups in total. The second-order valence-corrected chi connectivity index (χ2v) is 6.42. The predicted molar refractivity (Wildman–Crippen MR) is 78.3 cm³/mol. The Morgan fingerprint density at radius 2 is 2.20 bits per heavy atom. The molecule has 1 aromatic carbocycles. The molecule has 1 saturated heterocycles. The maximum Gasteiger partial charge on any atom is 0.236 e. The van der Waals surface area contributed by atoms with E-state index in [9.17, 15) is 9.18 Å². The van der Waals surface area contributed by atoms with Gasteiger partial charge < -0.3 is 10.2 Å². The van der Waals surface area contributed by atoms with Crippen molar-refractivity contribution < 1.29 is 9.18 Å². The van der Waals surface area contributed by atoms with Gasteiger partial charge in [-0.15, -0.1) is 11.8 Å². The smallest absolute Gasteiger partial charge is 0.236 e. The molecule has 0 aromatic heterocycles. The van der Waals surface area contributed by atoms with Crippen molar-refractivity contribution in [3.63, 3.8) is 0 Å². The number of fused-ring (bicyclic) bond motifs is 1. The van der Waals surface area contributed by atoms with E-state index in [1.807, 2.05) is 11.0 Å². The van der Waals surface area contributed by atoms with E-state index in [4.69, 9.17) is 0 Å². The van der Waals surface area contributed by atoms with Crippen LogP contribution in [0.2, 0.25) is 0 Å². The number of benzene rings is 1. The number of amides is 1.